The zero-order valence-electron chi connectivity index (χ0n) is 9.41. The molecule has 3 rings (SSSR count). The van der Waals surface area contributed by atoms with E-state index in [0.717, 1.165) is 24.2 Å². The quantitative estimate of drug-likeness (QED) is 0.799. The summed E-state index contributed by atoms with van der Waals surface area (Å²) in [4.78, 5) is 0. The molecule has 0 unspecified atom stereocenters. The van der Waals surface area contributed by atoms with Crippen LogP contribution in [-0.4, -0.2) is 14.8 Å². The number of halogens is 3. The van der Waals surface area contributed by atoms with Crippen LogP contribution < -0.4 is 0 Å². The van der Waals surface area contributed by atoms with Crippen molar-refractivity contribution >= 4 is 27.5 Å². The Morgan fingerprint density at radius 1 is 1.39 bits per heavy atom. The fraction of sp³-hybridized carbons (Fsp3) is 0.333. The molecule has 0 atom stereocenters. The molecule has 0 aliphatic heterocycles. The lowest BCUT2D eigenvalue weighted by molar-refractivity contribution is 0.621. The van der Waals surface area contributed by atoms with Gasteiger partial charge < -0.3 is 4.57 Å². The molecule has 1 aliphatic carbocycles. The Labute approximate surface area is 117 Å². The van der Waals surface area contributed by atoms with Crippen molar-refractivity contribution < 1.29 is 4.39 Å². The lowest BCUT2D eigenvalue weighted by Gasteiger charge is -2.07. The average molecular weight is 331 g/mol. The van der Waals surface area contributed by atoms with E-state index >= 15 is 0 Å². The van der Waals surface area contributed by atoms with Gasteiger partial charge in [-0.05, 0) is 47.0 Å². The van der Waals surface area contributed by atoms with Gasteiger partial charge in [0.2, 0.25) is 0 Å². The smallest absolute Gasteiger partial charge is 0.164 e. The summed E-state index contributed by atoms with van der Waals surface area (Å²) in [5.74, 6) is 1.46. The molecule has 2 aromatic rings. The minimum atomic E-state index is -0.301. The molecule has 94 valence electrons. The molecule has 1 aromatic heterocycles. The Hall–Kier alpha value is -0.940. The van der Waals surface area contributed by atoms with Gasteiger partial charge in [0.15, 0.2) is 5.82 Å². The Morgan fingerprint density at radius 3 is 2.78 bits per heavy atom. The maximum Gasteiger partial charge on any atom is 0.164 e. The van der Waals surface area contributed by atoms with Gasteiger partial charge in [-0.2, -0.15) is 0 Å². The van der Waals surface area contributed by atoms with E-state index in [1.807, 2.05) is 10.6 Å². The number of hydrogen-bond acceptors (Lipinski definition) is 2. The predicted octanol–water partition coefficient (Wildman–Crippen LogP) is 3.92. The molecule has 1 saturated carbocycles. The summed E-state index contributed by atoms with van der Waals surface area (Å²) < 4.78 is 16.0. The molecular formula is C12H10BrClFN3. The molecule has 0 bridgehead atoms. The van der Waals surface area contributed by atoms with E-state index in [2.05, 4.69) is 26.1 Å². The molecular weight excluding hydrogens is 321 g/mol. The van der Waals surface area contributed by atoms with Crippen molar-refractivity contribution in [3.63, 3.8) is 0 Å². The number of rotatable bonds is 3. The summed E-state index contributed by atoms with van der Waals surface area (Å²) in [6.07, 6.45) is 2.21. The summed E-state index contributed by atoms with van der Waals surface area (Å²) >= 11 is 9.00. The lowest BCUT2D eigenvalue weighted by atomic mass is 10.2. The van der Waals surface area contributed by atoms with Gasteiger partial charge in [0.1, 0.15) is 11.6 Å². The normalized spacial score (nSPS) is 15.1. The second-order valence-corrected chi connectivity index (χ2v) is 5.43. The minimum Gasteiger partial charge on any atom is -0.307 e. The summed E-state index contributed by atoms with van der Waals surface area (Å²) in [5, 5.41) is 8.21. The third kappa shape index (κ3) is 2.06. The third-order valence-electron chi connectivity index (χ3n) is 2.98. The maximum absolute atomic E-state index is 13.6. The standard InChI is InChI=1S/C12H10BrClFN3/c13-9-4-1-7(5-10(9)15)12-17-16-11(6-14)18(12)8-2-3-8/h1,4-5,8H,2-3,6H2. The van der Waals surface area contributed by atoms with Gasteiger partial charge in [-0.25, -0.2) is 4.39 Å². The van der Waals surface area contributed by atoms with Crippen molar-refractivity contribution in [1.82, 2.24) is 14.8 Å². The van der Waals surface area contributed by atoms with Gasteiger partial charge in [-0.3, -0.25) is 0 Å². The first-order valence-corrected chi connectivity index (χ1v) is 6.98. The zero-order chi connectivity index (χ0) is 12.7. The van der Waals surface area contributed by atoms with Crippen LogP contribution in [0, 0.1) is 5.82 Å². The average Bonchev–Trinajstić information content (AvgIpc) is 3.12. The first-order valence-electron chi connectivity index (χ1n) is 5.66. The van der Waals surface area contributed by atoms with E-state index in [1.54, 1.807) is 6.07 Å². The van der Waals surface area contributed by atoms with E-state index in [1.165, 1.54) is 6.07 Å². The van der Waals surface area contributed by atoms with Gasteiger partial charge >= 0.3 is 0 Å². The highest BCUT2D eigenvalue weighted by atomic mass is 79.9. The Bertz CT molecular complexity index is 595. The first-order chi connectivity index (χ1) is 8.70. The molecule has 1 aromatic carbocycles. The molecule has 3 nitrogen and oxygen atoms in total. The fourth-order valence-electron chi connectivity index (χ4n) is 1.96. The molecule has 0 saturated heterocycles. The van der Waals surface area contributed by atoms with Gasteiger partial charge in [-0.15, -0.1) is 21.8 Å². The lowest BCUT2D eigenvalue weighted by Crippen LogP contribution is -2.02. The van der Waals surface area contributed by atoms with Crippen LogP contribution >= 0.6 is 27.5 Å². The summed E-state index contributed by atoms with van der Waals surface area (Å²) in [6.45, 7) is 0. The Kier molecular flexibility index (Phi) is 3.11. The monoisotopic (exact) mass is 329 g/mol. The van der Waals surface area contributed by atoms with Crippen LogP contribution in [0.5, 0.6) is 0 Å². The molecule has 0 N–H and O–H groups in total. The number of hydrogen-bond donors (Lipinski definition) is 0. The largest absolute Gasteiger partial charge is 0.307 e. The van der Waals surface area contributed by atoms with E-state index in [4.69, 9.17) is 11.6 Å². The highest BCUT2D eigenvalue weighted by Gasteiger charge is 2.29. The molecule has 1 heterocycles. The summed E-state index contributed by atoms with van der Waals surface area (Å²) in [6, 6.07) is 5.38. The topological polar surface area (TPSA) is 30.7 Å². The van der Waals surface area contributed by atoms with E-state index in [-0.39, 0.29) is 5.82 Å². The Balaban J connectivity index is 2.10. The second-order valence-electron chi connectivity index (χ2n) is 4.30. The van der Waals surface area contributed by atoms with Crippen molar-refractivity contribution in [1.29, 1.82) is 0 Å². The van der Waals surface area contributed by atoms with Crippen molar-refractivity contribution in [2.75, 3.05) is 0 Å². The van der Waals surface area contributed by atoms with Crippen LogP contribution in [0.1, 0.15) is 24.7 Å². The van der Waals surface area contributed by atoms with Crippen molar-refractivity contribution in [2.45, 2.75) is 24.8 Å². The number of nitrogens with zero attached hydrogens (tertiary/aromatic N) is 3. The highest BCUT2D eigenvalue weighted by Crippen LogP contribution is 2.39. The highest BCUT2D eigenvalue weighted by molar-refractivity contribution is 9.10. The first kappa shape index (κ1) is 12.1. The SMILES string of the molecule is Fc1cc(-c2nnc(CCl)n2C2CC2)ccc1Br. The van der Waals surface area contributed by atoms with Crippen LogP contribution in [-0.2, 0) is 5.88 Å². The van der Waals surface area contributed by atoms with Gasteiger partial charge in [0.05, 0.1) is 10.4 Å². The van der Waals surface area contributed by atoms with Crippen LogP contribution in [0.4, 0.5) is 4.39 Å². The molecule has 0 spiro atoms. The number of aromatic nitrogens is 3. The number of alkyl halides is 1. The van der Waals surface area contributed by atoms with Gasteiger partial charge in [0.25, 0.3) is 0 Å². The van der Waals surface area contributed by atoms with Gasteiger partial charge in [0, 0.05) is 11.6 Å². The van der Waals surface area contributed by atoms with Crippen molar-refractivity contribution in [2.24, 2.45) is 0 Å². The van der Waals surface area contributed by atoms with Crippen LogP contribution in [0.15, 0.2) is 22.7 Å². The van der Waals surface area contributed by atoms with Crippen molar-refractivity contribution in [3.05, 3.63) is 34.3 Å². The van der Waals surface area contributed by atoms with Crippen LogP contribution in [0.25, 0.3) is 11.4 Å². The second kappa shape index (κ2) is 4.63. The van der Waals surface area contributed by atoms with Crippen LogP contribution in [0.2, 0.25) is 0 Å². The summed E-state index contributed by atoms with van der Waals surface area (Å²) in [5.41, 5.74) is 0.728. The number of benzene rings is 1. The molecule has 6 heteroatoms. The molecule has 0 amide bonds. The van der Waals surface area contributed by atoms with Crippen LogP contribution in [0.3, 0.4) is 0 Å². The van der Waals surface area contributed by atoms with E-state index in [0.29, 0.717) is 22.2 Å². The van der Waals surface area contributed by atoms with Gasteiger partial charge in [-0.1, -0.05) is 0 Å². The predicted molar refractivity (Wildman–Crippen MR) is 70.9 cm³/mol. The molecule has 18 heavy (non-hydrogen) atoms. The molecule has 0 radical (unpaired) electrons. The zero-order valence-corrected chi connectivity index (χ0v) is 11.7. The maximum atomic E-state index is 13.6. The third-order valence-corrected chi connectivity index (χ3v) is 3.86. The van der Waals surface area contributed by atoms with Crippen molar-refractivity contribution in [3.8, 4) is 11.4 Å². The Morgan fingerprint density at radius 2 is 2.17 bits per heavy atom. The van der Waals surface area contributed by atoms with E-state index in [9.17, 15) is 4.39 Å². The molecule has 1 fully saturated rings. The van der Waals surface area contributed by atoms with E-state index < -0.39 is 0 Å². The molecule has 1 aliphatic rings. The minimum absolute atomic E-state index is 0.301. The fourth-order valence-corrected chi connectivity index (χ4v) is 2.39. The summed E-state index contributed by atoms with van der Waals surface area (Å²) in [7, 11) is 0.